The molecule has 0 spiro atoms. The molecule has 0 saturated carbocycles. The molecule has 3 rings (SSSR count). The first-order valence-electron chi connectivity index (χ1n) is 10.4. The molecule has 32 heavy (non-hydrogen) atoms. The van der Waals surface area contributed by atoms with Gasteiger partial charge in [0.2, 0.25) is 5.91 Å². The van der Waals surface area contributed by atoms with E-state index in [1.165, 1.54) is 18.1 Å². The summed E-state index contributed by atoms with van der Waals surface area (Å²) in [5, 5.41) is 0. The van der Waals surface area contributed by atoms with E-state index in [1.54, 1.807) is 63.2 Å². The molecule has 2 aromatic rings. The molecule has 1 atom stereocenters. The number of amides is 1. The van der Waals surface area contributed by atoms with Crippen LogP contribution in [0.2, 0.25) is 0 Å². The van der Waals surface area contributed by atoms with E-state index >= 15 is 0 Å². The quantitative estimate of drug-likeness (QED) is 0.626. The van der Waals surface area contributed by atoms with Crippen molar-refractivity contribution in [1.29, 1.82) is 0 Å². The van der Waals surface area contributed by atoms with Crippen molar-refractivity contribution in [2.24, 2.45) is 0 Å². The topological polar surface area (TPSA) is 72.9 Å². The fraction of sp³-hybridized carbons (Fsp3) is 0.320. The standard InChI is InChI=1S/C25H26FNO5/c1-15(2)32-25(30)23-16(3)27(14-17-9-11-18(12-10-17)24(29)31-4)22(28)13-20(23)19-7-5-6-8-21(19)26/h5-12,15,20H,13-14H2,1-4H3. The lowest BCUT2D eigenvalue weighted by atomic mass is 9.83. The molecule has 2 aromatic carbocycles. The average Bonchev–Trinajstić information content (AvgIpc) is 2.76. The lowest BCUT2D eigenvalue weighted by Crippen LogP contribution is -2.38. The van der Waals surface area contributed by atoms with Crippen molar-refractivity contribution in [3.63, 3.8) is 0 Å². The minimum Gasteiger partial charge on any atom is -0.465 e. The van der Waals surface area contributed by atoms with Crippen molar-refractivity contribution in [2.75, 3.05) is 7.11 Å². The highest BCUT2D eigenvalue weighted by atomic mass is 19.1. The van der Waals surface area contributed by atoms with Gasteiger partial charge in [-0.1, -0.05) is 30.3 Å². The highest BCUT2D eigenvalue weighted by Gasteiger charge is 2.38. The van der Waals surface area contributed by atoms with Gasteiger partial charge in [-0.2, -0.15) is 0 Å². The Bertz CT molecular complexity index is 1060. The SMILES string of the molecule is COC(=O)c1ccc(CN2C(=O)CC(c3ccccc3F)C(C(=O)OC(C)C)=C2C)cc1. The molecule has 0 bridgehead atoms. The number of esters is 2. The molecule has 0 fully saturated rings. The van der Waals surface area contributed by atoms with Crippen LogP contribution < -0.4 is 0 Å². The summed E-state index contributed by atoms with van der Waals surface area (Å²) in [6.45, 7) is 5.35. The first-order chi connectivity index (χ1) is 15.2. The van der Waals surface area contributed by atoms with E-state index in [2.05, 4.69) is 0 Å². The summed E-state index contributed by atoms with van der Waals surface area (Å²) in [7, 11) is 1.31. The Morgan fingerprint density at radius 3 is 2.34 bits per heavy atom. The number of hydrogen-bond donors (Lipinski definition) is 0. The van der Waals surface area contributed by atoms with E-state index < -0.39 is 23.7 Å². The summed E-state index contributed by atoms with van der Waals surface area (Å²) in [6, 6.07) is 12.8. The molecule has 1 amide bonds. The minimum absolute atomic E-state index is 0.0545. The fourth-order valence-electron chi connectivity index (χ4n) is 3.82. The first kappa shape index (κ1) is 23.2. The molecule has 0 aliphatic carbocycles. The van der Waals surface area contributed by atoms with Gasteiger partial charge in [0.05, 0.1) is 30.9 Å². The molecule has 1 aliphatic heterocycles. The Hall–Kier alpha value is -3.48. The van der Waals surface area contributed by atoms with Crippen molar-refractivity contribution in [3.8, 4) is 0 Å². The molecular formula is C25H26FNO5. The van der Waals surface area contributed by atoms with Crippen LogP contribution in [0.4, 0.5) is 4.39 Å². The number of nitrogens with zero attached hydrogens (tertiary/aromatic N) is 1. The van der Waals surface area contributed by atoms with E-state index in [1.807, 2.05) is 0 Å². The van der Waals surface area contributed by atoms with Crippen LogP contribution in [0.25, 0.3) is 0 Å². The predicted octanol–water partition coefficient (Wildman–Crippen LogP) is 4.35. The van der Waals surface area contributed by atoms with Crippen LogP contribution in [-0.2, 0) is 25.6 Å². The number of halogens is 1. The zero-order chi connectivity index (χ0) is 23.4. The summed E-state index contributed by atoms with van der Waals surface area (Å²) >= 11 is 0. The van der Waals surface area contributed by atoms with Crippen LogP contribution >= 0.6 is 0 Å². The molecule has 0 saturated heterocycles. The molecule has 1 aliphatic rings. The van der Waals surface area contributed by atoms with Crippen LogP contribution in [0, 0.1) is 5.82 Å². The second-order valence-corrected chi connectivity index (χ2v) is 7.90. The van der Waals surface area contributed by atoms with Crippen LogP contribution in [0.15, 0.2) is 59.8 Å². The third kappa shape index (κ3) is 4.88. The van der Waals surface area contributed by atoms with Gasteiger partial charge in [0.1, 0.15) is 5.82 Å². The first-order valence-corrected chi connectivity index (χ1v) is 10.4. The molecule has 6 nitrogen and oxygen atoms in total. The minimum atomic E-state index is -0.729. The molecule has 7 heteroatoms. The Labute approximate surface area is 186 Å². The van der Waals surface area contributed by atoms with Gasteiger partial charge in [-0.25, -0.2) is 14.0 Å². The van der Waals surface area contributed by atoms with Gasteiger partial charge in [0.15, 0.2) is 0 Å². The molecule has 1 unspecified atom stereocenters. The van der Waals surface area contributed by atoms with Gasteiger partial charge in [0.25, 0.3) is 0 Å². The monoisotopic (exact) mass is 439 g/mol. The number of benzene rings is 2. The molecule has 168 valence electrons. The maximum absolute atomic E-state index is 14.6. The van der Waals surface area contributed by atoms with Crippen molar-refractivity contribution < 1.29 is 28.2 Å². The van der Waals surface area contributed by atoms with Crippen LogP contribution in [0.3, 0.4) is 0 Å². The maximum Gasteiger partial charge on any atom is 0.337 e. The van der Waals surface area contributed by atoms with Gasteiger partial charge >= 0.3 is 11.9 Å². The molecule has 1 heterocycles. The smallest absolute Gasteiger partial charge is 0.337 e. The van der Waals surface area contributed by atoms with Crippen LogP contribution in [0.1, 0.15) is 54.6 Å². The highest BCUT2D eigenvalue weighted by Crippen LogP contribution is 2.38. The lowest BCUT2D eigenvalue weighted by molar-refractivity contribution is -0.143. The number of hydrogen-bond acceptors (Lipinski definition) is 5. The second kappa shape index (κ2) is 9.77. The van der Waals surface area contributed by atoms with Crippen molar-refractivity contribution in [1.82, 2.24) is 4.90 Å². The Balaban J connectivity index is 1.99. The molecular weight excluding hydrogens is 413 g/mol. The van der Waals surface area contributed by atoms with Crippen LogP contribution in [-0.4, -0.2) is 36.0 Å². The third-order valence-electron chi connectivity index (χ3n) is 5.38. The van der Waals surface area contributed by atoms with Gasteiger partial charge in [-0.3, -0.25) is 4.79 Å². The number of carbonyl (C=O) groups excluding carboxylic acids is 3. The summed E-state index contributed by atoms with van der Waals surface area (Å²) < 4.78 is 24.7. The normalized spacial score (nSPS) is 16.4. The Morgan fingerprint density at radius 1 is 1.09 bits per heavy atom. The Morgan fingerprint density at radius 2 is 1.75 bits per heavy atom. The number of carbonyl (C=O) groups is 3. The fourth-order valence-corrected chi connectivity index (χ4v) is 3.82. The van der Waals surface area contributed by atoms with E-state index in [0.29, 0.717) is 11.3 Å². The average molecular weight is 439 g/mol. The molecule has 0 N–H and O–H groups in total. The Kier molecular flexibility index (Phi) is 7.08. The van der Waals surface area contributed by atoms with Crippen molar-refractivity contribution in [3.05, 3.63) is 82.3 Å². The lowest BCUT2D eigenvalue weighted by Gasteiger charge is -2.35. The predicted molar refractivity (Wildman–Crippen MR) is 116 cm³/mol. The van der Waals surface area contributed by atoms with Crippen molar-refractivity contribution in [2.45, 2.75) is 45.8 Å². The van der Waals surface area contributed by atoms with Crippen LogP contribution in [0.5, 0.6) is 0 Å². The molecule has 0 aromatic heterocycles. The zero-order valence-corrected chi connectivity index (χ0v) is 18.6. The van der Waals surface area contributed by atoms with E-state index in [0.717, 1.165) is 5.56 Å². The van der Waals surface area contributed by atoms with Gasteiger partial charge in [-0.15, -0.1) is 0 Å². The third-order valence-corrected chi connectivity index (χ3v) is 5.38. The number of allylic oxidation sites excluding steroid dienone is 1. The van der Waals surface area contributed by atoms with Gasteiger partial charge in [-0.05, 0) is 50.1 Å². The van der Waals surface area contributed by atoms with Gasteiger partial charge < -0.3 is 14.4 Å². The van der Waals surface area contributed by atoms with Gasteiger partial charge in [0, 0.05) is 18.0 Å². The summed E-state index contributed by atoms with van der Waals surface area (Å²) in [4.78, 5) is 39.2. The summed E-state index contributed by atoms with van der Waals surface area (Å²) in [5.74, 6) is -2.45. The zero-order valence-electron chi connectivity index (χ0n) is 18.6. The maximum atomic E-state index is 14.6. The van der Waals surface area contributed by atoms with Crippen molar-refractivity contribution >= 4 is 17.8 Å². The van der Waals surface area contributed by atoms with E-state index in [-0.39, 0.29) is 36.1 Å². The van der Waals surface area contributed by atoms with E-state index in [4.69, 9.17) is 9.47 Å². The summed E-state index contributed by atoms with van der Waals surface area (Å²) in [5.41, 5.74) is 2.16. The van der Waals surface area contributed by atoms with E-state index in [9.17, 15) is 18.8 Å². The number of ether oxygens (including phenoxy) is 2. The number of rotatable bonds is 6. The largest absolute Gasteiger partial charge is 0.465 e. The summed E-state index contributed by atoms with van der Waals surface area (Å²) in [6.07, 6.45) is -0.415. The highest BCUT2D eigenvalue weighted by molar-refractivity contribution is 5.96. The second-order valence-electron chi connectivity index (χ2n) is 7.90. The molecule has 0 radical (unpaired) electrons. The number of methoxy groups -OCH3 is 1.